The minimum absolute atomic E-state index is 0.000425. The first-order chi connectivity index (χ1) is 18.4. The molecule has 198 valence electrons. The van der Waals surface area contributed by atoms with Gasteiger partial charge in [-0.2, -0.15) is 5.26 Å². The highest BCUT2D eigenvalue weighted by Gasteiger charge is 2.32. The number of hydrogen-bond acceptors (Lipinski definition) is 6. The van der Waals surface area contributed by atoms with E-state index in [9.17, 15) is 19.6 Å². The summed E-state index contributed by atoms with van der Waals surface area (Å²) in [5, 5.41) is 9.21. The molecule has 4 heterocycles. The summed E-state index contributed by atoms with van der Waals surface area (Å²) in [6.07, 6.45) is 4.71. The van der Waals surface area contributed by atoms with Gasteiger partial charge in [0.05, 0.1) is 29.9 Å². The van der Waals surface area contributed by atoms with Gasteiger partial charge in [0.2, 0.25) is 5.91 Å². The van der Waals surface area contributed by atoms with E-state index in [4.69, 9.17) is 9.72 Å². The van der Waals surface area contributed by atoms with Crippen LogP contribution in [0, 0.1) is 17.2 Å². The number of anilines is 1. The molecule has 5 rings (SSSR count). The highest BCUT2D eigenvalue weighted by atomic mass is 16.5. The van der Waals surface area contributed by atoms with Crippen LogP contribution in [-0.4, -0.2) is 57.3 Å². The van der Waals surface area contributed by atoms with Gasteiger partial charge in [-0.3, -0.25) is 14.5 Å². The predicted octanol–water partition coefficient (Wildman–Crippen LogP) is 3.11. The Hall–Kier alpha value is -4.13. The van der Waals surface area contributed by atoms with Crippen molar-refractivity contribution < 1.29 is 14.3 Å². The fraction of sp³-hybridized carbons (Fsp3) is 0.464. The zero-order valence-electron chi connectivity index (χ0n) is 21.8. The monoisotopic (exact) mass is 516 g/mol. The maximum Gasteiger partial charge on any atom is 0.414 e. The summed E-state index contributed by atoms with van der Waals surface area (Å²) in [6, 6.07) is 11.2. The van der Waals surface area contributed by atoms with E-state index in [1.54, 1.807) is 21.7 Å². The lowest BCUT2D eigenvalue weighted by Crippen LogP contribution is -2.42. The lowest BCUT2D eigenvalue weighted by molar-refractivity contribution is -0.133. The van der Waals surface area contributed by atoms with Crippen molar-refractivity contribution in [2.75, 3.05) is 25.1 Å². The van der Waals surface area contributed by atoms with E-state index in [-0.39, 0.29) is 30.0 Å². The van der Waals surface area contributed by atoms with E-state index >= 15 is 0 Å². The van der Waals surface area contributed by atoms with Crippen LogP contribution in [0.1, 0.15) is 37.6 Å². The molecule has 2 aliphatic heterocycles. The molecule has 1 saturated heterocycles. The van der Waals surface area contributed by atoms with Crippen LogP contribution in [0.5, 0.6) is 0 Å². The summed E-state index contributed by atoms with van der Waals surface area (Å²) in [4.78, 5) is 46.7. The Balaban J connectivity index is 1.52. The number of fused-ring (bicyclic) bond motifs is 3. The number of aromatic nitrogens is 3. The number of ether oxygens (including phenoxy) is 1. The van der Waals surface area contributed by atoms with Gasteiger partial charge in [-0.05, 0) is 50.8 Å². The Labute approximate surface area is 221 Å². The number of rotatable bonds is 5. The van der Waals surface area contributed by atoms with Gasteiger partial charge in [-0.1, -0.05) is 6.07 Å². The number of likely N-dealkylation sites (tertiary alicyclic amines) is 1. The third kappa shape index (κ3) is 4.76. The Morgan fingerprint density at radius 2 is 1.95 bits per heavy atom. The van der Waals surface area contributed by atoms with E-state index in [0.717, 1.165) is 35.1 Å². The quantitative estimate of drug-likeness (QED) is 0.515. The molecule has 2 aliphatic rings. The van der Waals surface area contributed by atoms with Crippen molar-refractivity contribution in [1.82, 2.24) is 19.0 Å². The number of amides is 2. The van der Waals surface area contributed by atoms with Crippen LogP contribution in [0.3, 0.4) is 0 Å². The lowest BCUT2D eigenvalue weighted by Gasteiger charge is -2.34. The molecular formula is C28H32N6O4. The van der Waals surface area contributed by atoms with Crippen molar-refractivity contribution in [3.8, 4) is 6.07 Å². The molecule has 1 fully saturated rings. The third-order valence-electron chi connectivity index (χ3n) is 7.76. The number of carbonyl (C=O) groups excluding carboxylic acids is 2. The summed E-state index contributed by atoms with van der Waals surface area (Å²) in [6.45, 7) is 3.69. The Kier molecular flexibility index (Phi) is 7.18. The van der Waals surface area contributed by atoms with Crippen molar-refractivity contribution in [3.05, 3.63) is 58.3 Å². The van der Waals surface area contributed by atoms with Crippen molar-refractivity contribution in [3.63, 3.8) is 0 Å². The highest BCUT2D eigenvalue weighted by molar-refractivity contribution is 5.95. The Morgan fingerprint density at radius 3 is 2.66 bits per heavy atom. The van der Waals surface area contributed by atoms with Gasteiger partial charge in [0.25, 0.3) is 5.56 Å². The smallest absolute Gasteiger partial charge is 0.414 e. The first-order valence-corrected chi connectivity index (χ1v) is 13.1. The largest absolute Gasteiger partial charge is 0.452 e. The maximum absolute atomic E-state index is 13.4. The standard InChI is InChI=1S/C28H32N6O4/c1-19-6-7-21-22(34(19)28(37)38-2)8-9-23-27(21)30-24(12-16-31-13-4-3-5-25(31)35)33(23)18-26(36)32-14-10-20(17-29)11-15-32/h3-5,8-9,13,19-20H,6-7,10-12,14-16,18H2,1-2H3/t19-/m0/s1. The van der Waals surface area contributed by atoms with Crippen LogP contribution in [0.2, 0.25) is 0 Å². The highest BCUT2D eigenvalue weighted by Crippen LogP contribution is 2.36. The van der Waals surface area contributed by atoms with Crippen LogP contribution in [0.25, 0.3) is 11.0 Å². The average Bonchev–Trinajstić information content (AvgIpc) is 3.29. The number of piperidine rings is 1. The number of hydrogen-bond donors (Lipinski definition) is 0. The number of aryl methyl sites for hydroxylation is 3. The number of nitrogens with zero attached hydrogens (tertiary/aromatic N) is 6. The Bertz CT molecular complexity index is 1460. The zero-order chi connectivity index (χ0) is 26.8. The predicted molar refractivity (Wildman–Crippen MR) is 142 cm³/mol. The summed E-state index contributed by atoms with van der Waals surface area (Å²) in [5.74, 6) is 0.702. The lowest BCUT2D eigenvalue weighted by atomic mass is 9.96. The molecule has 0 bridgehead atoms. The van der Waals surface area contributed by atoms with Crippen molar-refractivity contribution in [2.24, 2.45) is 5.92 Å². The summed E-state index contributed by atoms with van der Waals surface area (Å²) in [7, 11) is 1.38. The van der Waals surface area contributed by atoms with E-state index in [0.29, 0.717) is 44.7 Å². The van der Waals surface area contributed by atoms with Gasteiger partial charge in [0, 0.05) is 55.8 Å². The fourth-order valence-corrected chi connectivity index (χ4v) is 5.58. The van der Waals surface area contributed by atoms with Crippen molar-refractivity contribution >= 4 is 28.7 Å². The second kappa shape index (κ2) is 10.7. The van der Waals surface area contributed by atoms with E-state index in [2.05, 4.69) is 6.07 Å². The Morgan fingerprint density at radius 1 is 1.16 bits per heavy atom. The van der Waals surface area contributed by atoms with Gasteiger partial charge in [0.15, 0.2) is 0 Å². The molecule has 0 spiro atoms. The maximum atomic E-state index is 13.4. The number of benzene rings is 1. The minimum atomic E-state index is -0.406. The van der Waals surface area contributed by atoms with Crippen LogP contribution in [0.4, 0.5) is 10.5 Å². The van der Waals surface area contributed by atoms with Crippen LogP contribution in [-0.2, 0) is 35.5 Å². The molecule has 2 amide bonds. The van der Waals surface area contributed by atoms with E-state index < -0.39 is 6.09 Å². The van der Waals surface area contributed by atoms with Gasteiger partial charge in [-0.15, -0.1) is 0 Å². The van der Waals surface area contributed by atoms with Crippen LogP contribution >= 0.6 is 0 Å². The molecular weight excluding hydrogens is 484 g/mol. The summed E-state index contributed by atoms with van der Waals surface area (Å²) < 4.78 is 8.63. The molecule has 0 saturated carbocycles. The molecule has 2 aromatic heterocycles. The zero-order valence-corrected chi connectivity index (χ0v) is 21.8. The van der Waals surface area contributed by atoms with Gasteiger partial charge >= 0.3 is 6.09 Å². The first kappa shape index (κ1) is 25.5. The van der Waals surface area contributed by atoms with Gasteiger partial charge in [0.1, 0.15) is 12.4 Å². The number of pyridine rings is 1. The third-order valence-corrected chi connectivity index (χ3v) is 7.76. The second-order valence-electron chi connectivity index (χ2n) is 10.0. The van der Waals surface area contributed by atoms with E-state index in [1.807, 2.05) is 34.6 Å². The molecule has 10 nitrogen and oxygen atoms in total. The first-order valence-electron chi connectivity index (χ1n) is 13.1. The molecule has 1 aromatic carbocycles. The molecule has 0 radical (unpaired) electrons. The number of nitriles is 1. The molecule has 38 heavy (non-hydrogen) atoms. The number of carbonyl (C=O) groups is 2. The normalized spacial score (nSPS) is 17.8. The molecule has 0 unspecified atom stereocenters. The summed E-state index contributed by atoms with van der Waals surface area (Å²) in [5.41, 5.74) is 3.26. The SMILES string of the molecule is COC(=O)N1c2ccc3c(nc(CCn4ccccc4=O)n3CC(=O)N3CCC(C#N)CC3)c2CC[C@@H]1C. The molecule has 0 aliphatic carbocycles. The average molecular weight is 517 g/mol. The van der Waals surface area contributed by atoms with Crippen molar-refractivity contribution in [2.45, 2.75) is 58.2 Å². The summed E-state index contributed by atoms with van der Waals surface area (Å²) >= 11 is 0. The second-order valence-corrected chi connectivity index (χ2v) is 10.0. The van der Waals surface area contributed by atoms with Crippen LogP contribution < -0.4 is 10.5 Å². The van der Waals surface area contributed by atoms with Gasteiger partial charge in [-0.25, -0.2) is 9.78 Å². The molecule has 0 N–H and O–H groups in total. The fourth-order valence-electron chi connectivity index (χ4n) is 5.58. The van der Waals surface area contributed by atoms with Gasteiger partial charge < -0.3 is 18.8 Å². The topological polar surface area (TPSA) is 113 Å². The molecule has 1 atom stereocenters. The number of methoxy groups -OCH3 is 1. The molecule has 3 aromatic rings. The van der Waals surface area contributed by atoms with E-state index in [1.165, 1.54) is 13.2 Å². The minimum Gasteiger partial charge on any atom is -0.452 e. The molecule has 10 heteroatoms. The number of imidazole rings is 1. The van der Waals surface area contributed by atoms with Crippen molar-refractivity contribution in [1.29, 1.82) is 5.26 Å². The van der Waals surface area contributed by atoms with Crippen LogP contribution in [0.15, 0.2) is 41.3 Å².